The number of nitrogens with one attached hydrogen (secondary N) is 2. The molecule has 0 unspecified atom stereocenters. The number of phenols is 2. The summed E-state index contributed by atoms with van der Waals surface area (Å²) in [7, 11) is 0. The third kappa shape index (κ3) is 10.1. The molecule has 0 aromatic heterocycles. The highest BCUT2D eigenvalue weighted by Gasteiger charge is 2.14. The standard InChI is InChI=1S/C21H17N3O3S.C16H14ClN3O3S/c25-19-15(9-6-11-17(19)20(26)27)13-22-24-21(28)23-18-12-5-4-10-16(18)14-7-2-1-3-8-14;1-9-12(17)3-2-4-13(9)20(16(18)24)19-8-11-6-5-10(15(22)23)7-14(11)21/h1-13,25H,(H,26,27)(H2,23,24,28);2-8,21H,1H3,(H2,18,24)(H,22,23). The van der Waals surface area contributed by atoms with E-state index in [1.807, 2.05) is 54.6 Å². The first-order valence-corrected chi connectivity index (χ1v) is 16.3. The molecule has 0 heterocycles. The molecule has 8 N–H and O–H groups in total. The monoisotopic (exact) mass is 754 g/mol. The summed E-state index contributed by atoms with van der Waals surface area (Å²) in [6, 6.07) is 31.2. The molecule has 5 aromatic carbocycles. The van der Waals surface area contributed by atoms with Crippen LogP contribution >= 0.6 is 36.0 Å². The van der Waals surface area contributed by atoms with E-state index in [0.29, 0.717) is 16.3 Å². The van der Waals surface area contributed by atoms with Crippen molar-refractivity contribution in [2.45, 2.75) is 6.92 Å². The molecular weight excluding hydrogens is 724 g/mol. The Balaban J connectivity index is 0.000000236. The van der Waals surface area contributed by atoms with Crippen LogP contribution in [0.15, 0.2) is 119 Å². The predicted octanol–water partition coefficient (Wildman–Crippen LogP) is 7.21. The van der Waals surface area contributed by atoms with Gasteiger partial charge in [0.15, 0.2) is 10.2 Å². The van der Waals surface area contributed by atoms with Gasteiger partial charge in [-0.25, -0.2) is 14.6 Å². The molecule has 0 bridgehead atoms. The summed E-state index contributed by atoms with van der Waals surface area (Å²) in [6.45, 7) is 1.80. The molecule has 264 valence electrons. The highest BCUT2D eigenvalue weighted by Crippen LogP contribution is 2.28. The molecule has 0 atom stereocenters. The van der Waals surface area contributed by atoms with E-state index < -0.39 is 11.9 Å². The third-order valence-corrected chi connectivity index (χ3v) is 7.97. The summed E-state index contributed by atoms with van der Waals surface area (Å²) in [5, 5.41) is 51.1. The predicted molar refractivity (Wildman–Crippen MR) is 212 cm³/mol. The van der Waals surface area contributed by atoms with Crippen molar-refractivity contribution in [3.05, 3.63) is 142 Å². The Morgan fingerprint density at radius 3 is 2.19 bits per heavy atom. The number of anilines is 2. The molecule has 0 aliphatic carbocycles. The van der Waals surface area contributed by atoms with E-state index in [0.717, 1.165) is 28.4 Å². The number of benzene rings is 5. The Morgan fingerprint density at radius 1 is 0.827 bits per heavy atom. The SMILES string of the molecule is Cc1c(Cl)cccc1N(N=Cc1ccc(C(=O)O)cc1O)C(N)=S.O=C(O)c1cccc(C=NNC(=S)Nc2ccccc2-c2ccccc2)c1O. The highest BCUT2D eigenvalue weighted by molar-refractivity contribution is 7.80. The number of hydrogen-bond donors (Lipinski definition) is 7. The van der Waals surface area contributed by atoms with E-state index >= 15 is 0 Å². The second-order valence-electron chi connectivity index (χ2n) is 10.6. The van der Waals surface area contributed by atoms with Crippen LogP contribution in [-0.2, 0) is 0 Å². The summed E-state index contributed by atoms with van der Waals surface area (Å²) in [5.41, 5.74) is 12.9. The molecule has 52 heavy (non-hydrogen) atoms. The third-order valence-electron chi connectivity index (χ3n) is 7.19. The maximum atomic E-state index is 11.1. The van der Waals surface area contributed by atoms with Crippen LogP contribution in [0.3, 0.4) is 0 Å². The number of phenolic OH excluding ortho intramolecular Hbond substituents is 1. The smallest absolute Gasteiger partial charge is 0.339 e. The lowest BCUT2D eigenvalue weighted by atomic mass is 10.0. The summed E-state index contributed by atoms with van der Waals surface area (Å²) in [5.74, 6) is -2.92. The molecule has 5 aromatic rings. The first-order chi connectivity index (χ1) is 24.9. The molecule has 0 saturated heterocycles. The van der Waals surface area contributed by atoms with Gasteiger partial charge in [-0.05, 0) is 91.0 Å². The van der Waals surface area contributed by atoms with Gasteiger partial charge in [0.2, 0.25) is 0 Å². The Bertz CT molecular complexity index is 2180. The van der Waals surface area contributed by atoms with Crippen LogP contribution in [0.1, 0.15) is 37.4 Å². The molecule has 0 aliphatic rings. The van der Waals surface area contributed by atoms with Crippen LogP contribution in [-0.4, -0.2) is 55.0 Å². The van der Waals surface area contributed by atoms with Gasteiger partial charge < -0.3 is 31.5 Å². The summed E-state index contributed by atoms with van der Waals surface area (Å²) in [4.78, 5) is 21.9. The molecule has 15 heteroatoms. The van der Waals surface area contributed by atoms with Crippen molar-refractivity contribution in [2.75, 3.05) is 10.3 Å². The van der Waals surface area contributed by atoms with Crippen LogP contribution in [0.25, 0.3) is 11.1 Å². The van der Waals surface area contributed by atoms with E-state index in [2.05, 4.69) is 20.9 Å². The maximum absolute atomic E-state index is 11.1. The number of carboxylic acid groups (broad SMARTS) is 2. The van der Waals surface area contributed by atoms with Gasteiger partial charge in [-0.2, -0.15) is 10.2 Å². The molecule has 0 fully saturated rings. The van der Waals surface area contributed by atoms with Gasteiger partial charge in [-0.1, -0.05) is 72.3 Å². The Hall–Kier alpha value is -6.35. The molecule has 0 saturated carbocycles. The minimum absolute atomic E-state index is 0.00161. The van der Waals surface area contributed by atoms with Crippen LogP contribution in [0, 0.1) is 6.92 Å². The van der Waals surface area contributed by atoms with Gasteiger partial charge in [-0.15, -0.1) is 0 Å². The molecule has 0 spiro atoms. The number of nitrogens with two attached hydrogens (primary N) is 1. The van der Waals surface area contributed by atoms with Gasteiger partial charge >= 0.3 is 11.9 Å². The number of rotatable bonds is 9. The van der Waals surface area contributed by atoms with Crippen LogP contribution in [0.2, 0.25) is 5.02 Å². The van der Waals surface area contributed by atoms with E-state index in [9.17, 15) is 19.8 Å². The number of aromatic carboxylic acids is 2. The fourth-order valence-electron chi connectivity index (χ4n) is 4.58. The molecule has 12 nitrogen and oxygen atoms in total. The number of nitrogens with zero attached hydrogens (tertiary/aromatic N) is 3. The Kier molecular flexibility index (Phi) is 13.3. The van der Waals surface area contributed by atoms with Gasteiger partial charge in [0, 0.05) is 27.4 Å². The fraction of sp³-hybridized carbons (Fsp3) is 0.0270. The fourth-order valence-corrected chi connectivity index (χ4v) is 5.06. The van der Waals surface area contributed by atoms with Crippen LogP contribution in [0.5, 0.6) is 11.5 Å². The lowest BCUT2D eigenvalue weighted by Crippen LogP contribution is -2.31. The summed E-state index contributed by atoms with van der Waals surface area (Å²) >= 11 is 16.4. The van der Waals surface area contributed by atoms with Crippen molar-refractivity contribution in [3.8, 4) is 22.6 Å². The molecular formula is C37H31ClN6O6S2. The molecule has 0 amide bonds. The summed E-state index contributed by atoms with van der Waals surface area (Å²) in [6.07, 6.45) is 2.64. The normalized spacial score (nSPS) is 10.7. The van der Waals surface area contributed by atoms with Crippen molar-refractivity contribution in [1.29, 1.82) is 0 Å². The van der Waals surface area contributed by atoms with E-state index in [-0.39, 0.29) is 38.4 Å². The average Bonchev–Trinajstić information content (AvgIpc) is 3.12. The Morgan fingerprint density at radius 2 is 1.52 bits per heavy atom. The number of aromatic hydroxyl groups is 2. The molecule has 5 rings (SSSR count). The zero-order valence-electron chi connectivity index (χ0n) is 27.3. The van der Waals surface area contributed by atoms with E-state index in [4.69, 9.17) is 52.0 Å². The maximum Gasteiger partial charge on any atom is 0.339 e. The highest BCUT2D eigenvalue weighted by atomic mass is 35.5. The number of para-hydroxylation sites is 2. The first-order valence-electron chi connectivity index (χ1n) is 15.1. The number of thiocarbonyl (C=S) groups is 2. The number of hydrogen-bond acceptors (Lipinski definition) is 8. The number of carboxylic acids is 2. The zero-order chi connectivity index (χ0) is 37.8. The zero-order valence-corrected chi connectivity index (χ0v) is 29.7. The lowest BCUT2D eigenvalue weighted by molar-refractivity contribution is 0.0684. The number of halogens is 1. The number of carbonyl (C=O) groups is 2. The second kappa shape index (κ2) is 18.1. The topological polar surface area (TPSA) is 193 Å². The van der Waals surface area contributed by atoms with Gasteiger partial charge in [0.1, 0.15) is 17.1 Å². The van der Waals surface area contributed by atoms with Crippen molar-refractivity contribution < 1.29 is 30.0 Å². The van der Waals surface area contributed by atoms with E-state index in [1.54, 1.807) is 31.2 Å². The minimum Gasteiger partial charge on any atom is -0.507 e. The Labute approximate surface area is 314 Å². The van der Waals surface area contributed by atoms with Crippen molar-refractivity contribution in [1.82, 2.24) is 5.43 Å². The molecule has 0 aliphatic heterocycles. The van der Waals surface area contributed by atoms with Gasteiger partial charge in [0.25, 0.3) is 0 Å². The average molecular weight is 755 g/mol. The van der Waals surface area contributed by atoms with E-state index in [1.165, 1.54) is 41.7 Å². The largest absolute Gasteiger partial charge is 0.507 e. The van der Waals surface area contributed by atoms with Crippen molar-refractivity contribution >= 4 is 82.0 Å². The minimum atomic E-state index is -1.21. The van der Waals surface area contributed by atoms with Gasteiger partial charge in [-0.3, -0.25) is 5.43 Å². The lowest BCUT2D eigenvalue weighted by Gasteiger charge is -2.19. The van der Waals surface area contributed by atoms with Crippen LogP contribution in [0.4, 0.5) is 11.4 Å². The molecule has 0 radical (unpaired) electrons. The van der Waals surface area contributed by atoms with Gasteiger partial charge in [0.05, 0.1) is 23.7 Å². The van der Waals surface area contributed by atoms with Crippen molar-refractivity contribution in [3.63, 3.8) is 0 Å². The quantitative estimate of drug-likeness (QED) is 0.0455. The van der Waals surface area contributed by atoms with Crippen LogP contribution < -0.4 is 21.5 Å². The second-order valence-corrected chi connectivity index (χ2v) is 11.9. The summed E-state index contributed by atoms with van der Waals surface area (Å²) < 4.78 is 0. The van der Waals surface area contributed by atoms with Crippen molar-refractivity contribution in [2.24, 2.45) is 15.9 Å². The number of hydrazone groups is 2. The first kappa shape index (κ1) is 38.5.